The van der Waals surface area contributed by atoms with Crippen LogP contribution in [0.1, 0.15) is 18.9 Å². The van der Waals surface area contributed by atoms with Gasteiger partial charge in [0.1, 0.15) is 11.2 Å². The van der Waals surface area contributed by atoms with E-state index in [1.54, 1.807) is 18.2 Å². The van der Waals surface area contributed by atoms with Crippen LogP contribution in [0.25, 0.3) is 0 Å². The van der Waals surface area contributed by atoms with E-state index in [4.69, 9.17) is 0 Å². The predicted molar refractivity (Wildman–Crippen MR) is 67.7 cm³/mol. The van der Waals surface area contributed by atoms with Gasteiger partial charge in [-0.3, -0.25) is 4.79 Å². The molecular weight excluding hydrogens is 212 g/mol. The van der Waals surface area contributed by atoms with Crippen molar-refractivity contribution in [3.63, 3.8) is 0 Å². The number of Topliss-reactive ketones (excluding diaryl/α,β-unsaturated/α-hetero) is 1. The Morgan fingerprint density at radius 2 is 2.00 bits per heavy atom. The summed E-state index contributed by atoms with van der Waals surface area (Å²) < 4.78 is 0. The molecule has 1 aromatic rings. The van der Waals surface area contributed by atoms with Crippen LogP contribution in [0, 0.1) is 0 Å². The van der Waals surface area contributed by atoms with Crippen molar-refractivity contribution in [1.82, 2.24) is 0 Å². The van der Waals surface area contributed by atoms with E-state index in [1.165, 1.54) is 0 Å². The van der Waals surface area contributed by atoms with Gasteiger partial charge >= 0.3 is 0 Å². The molecule has 1 N–H and O–H groups in total. The molecule has 0 amide bonds. The minimum Gasteiger partial charge on any atom is -0.387 e. The number of aliphatic hydroxyl groups excluding tert-OH is 1. The number of ketones is 1. The number of carbonyl (C=O) groups excluding carboxylic acids is 1. The molecule has 0 radical (unpaired) electrons. The predicted octanol–water partition coefficient (Wildman–Crippen LogP) is 2.39. The molecule has 1 aliphatic carbocycles. The first-order valence-electron chi connectivity index (χ1n) is 5.84. The maximum Gasteiger partial charge on any atom is 0.149 e. The lowest BCUT2D eigenvalue weighted by molar-refractivity contribution is -0.125. The van der Waals surface area contributed by atoms with Crippen molar-refractivity contribution in [1.29, 1.82) is 0 Å². The van der Waals surface area contributed by atoms with Crippen LogP contribution >= 0.6 is 0 Å². The highest BCUT2D eigenvalue weighted by atomic mass is 16.3. The van der Waals surface area contributed by atoms with Gasteiger partial charge in [0.25, 0.3) is 0 Å². The molecule has 0 aromatic heterocycles. The normalized spacial score (nSPS) is 27.1. The molecule has 2 heteroatoms. The maximum absolute atomic E-state index is 12.3. The molecule has 2 rings (SSSR count). The van der Waals surface area contributed by atoms with Crippen LogP contribution in [0.2, 0.25) is 0 Å². The first-order valence-corrected chi connectivity index (χ1v) is 5.84. The third-order valence-corrected chi connectivity index (χ3v) is 3.26. The highest BCUT2D eigenvalue weighted by Crippen LogP contribution is 2.34. The second-order valence-electron chi connectivity index (χ2n) is 4.20. The molecule has 0 spiro atoms. The van der Waals surface area contributed by atoms with Crippen LogP contribution in [-0.4, -0.2) is 17.0 Å². The van der Waals surface area contributed by atoms with Gasteiger partial charge in [-0.2, -0.15) is 0 Å². The molecule has 17 heavy (non-hydrogen) atoms. The van der Waals surface area contributed by atoms with E-state index in [0.29, 0.717) is 6.42 Å². The van der Waals surface area contributed by atoms with Gasteiger partial charge in [0.05, 0.1) is 6.10 Å². The van der Waals surface area contributed by atoms with E-state index in [-0.39, 0.29) is 5.78 Å². The third-order valence-electron chi connectivity index (χ3n) is 3.26. The average Bonchev–Trinajstić information content (AvgIpc) is 2.39. The van der Waals surface area contributed by atoms with Crippen molar-refractivity contribution in [3.8, 4) is 0 Å². The van der Waals surface area contributed by atoms with E-state index in [1.807, 2.05) is 43.3 Å². The Kier molecular flexibility index (Phi) is 3.25. The Hall–Kier alpha value is -1.67. The van der Waals surface area contributed by atoms with Gasteiger partial charge in [-0.05, 0) is 5.56 Å². The Labute approximate surface area is 101 Å². The number of allylic oxidation sites excluding steroid dienone is 2. The summed E-state index contributed by atoms with van der Waals surface area (Å²) in [6.07, 6.45) is 6.69. The van der Waals surface area contributed by atoms with Crippen molar-refractivity contribution in [3.05, 3.63) is 60.2 Å². The fraction of sp³-hybridized carbons (Fsp3) is 0.267. The largest absolute Gasteiger partial charge is 0.387 e. The molecule has 0 aliphatic heterocycles. The van der Waals surface area contributed by atoms with Gasteiger partial charge in [0.15, 0.2) is 0 Å². The van der Waals surface area contributed by atoms with Crippen LogP contribution in [0.4, 0.5) is 0 Å². The first kappa shape index (κ1) is 11.8. The summed E-state index contributed by atoms with van der Waals surface area (Å²) in [4.78, 5) is 12.3. The lowest BCUT2D eigenvalue weighted by Gasteiger charge is -2.34. The van der Waals surface area contributed by atoms with Crippen LogP contribution in [0.5, 0.6) is 0 Å². The quantitative estimate of drug-likeness (QED) is 0.862. The van der Waals surface area contributed by atoms with E-state index in [2.05, 4.69) is 0 Å². The third kappa shape index (κ3) is 1.85. The fourth-order valence-electron chi connectivity index (χ4n) is 2.32. The summed E-state index contributed by atoms with van der Waals surface area (Å²) in [5.41, 5.74) is -0.0648. The molecule has 88 valence electrons. The zero-order valence-corrected chi connectivity index (χ0v) is 9.84. The molecule has 2 nitrogen and oxygen atoms in total. The molecule has 0 saturated carbocycles. The maximum atomic E-state index is 12.3. The number of hydrogen-bond donors (Lipinski definition) is 1. The van der Waals surface area contributed by atoms with Crippen LogP contribution in [-0.2, 0) is 10.2 Å². The average molecular weight is 228 g/mol. The van der Waals surface area contributed by atoms with Crippen molar-refractivity contribution < 1.29 is 9.90 Å². The van der Waals surface area contributed by atoms with Gasteiger partial charge in [-0.15, -0.1) is 0 Å². The Balaban J connectivity index is 2.56. The number of hydrogen-bond acceptors (Lipinski definition) is 2. The van der Waals surface area contributed by atoms with Crippen LogP contribution in [0.15, 0.2) is 54.6 Å². The molecule has 0 fully saturated rings. The lowest BCUT2D eigenvalue weighted by atomic mass is 9.69. The number of carbonyl (C=O) groups is 1. The summed E-state index contributed by atoms with van der Waals surface area (Å²) in [5.74, 6) is 0.0387. The smallest absolute Gasteiger partial charge is 0.149 e. The summed E-state index contributed by atoms with van der Waals surface area (Å²) in [5, 5.41) is 10.2. The van der Waals surface area contributed by atoms with Crippen LogP contribution < -0.4 is 0 Å². The van der Waals surface area contributed by atoms with Crippen LogP contribution in [0.3, 0.4) is 0 Å². The lowest BCUT2D eigenvalue weighted by Crippen LogP contribution is -2.45. The first-order chi connectivity index (χ1) is 8.21. The van der Waals surface area contributed by atoms with E-state index < -0.39 is 11.5 Å². The zero-order valence-electron chi connectivity index (χ0n) is 9.84. The van der Waals surface area contributed by atoms with Gasteiger partial charge in [-0.1, -0.05) is 61.6 Å². The molecule has 2 unspecified atom stereocenters. The van der Waals surface area contributed by atoms with E-state index >= 15 is 0 Å². The molecule has 1 aromatic carbocycles. The molecule has 1 aliphatic rings. The topological polar surface area (TPSA) is 37.3 Å². The number of rotatable bonds is 3. The van der Waals surface area contributed by atoms with E-state index in [9.17, 15) is 9.90 Å². The minimum atomic E-state index is -0.912. The fourth-order valence-corrected chi connectivity index (χ4v) is 2.32. The second-order valence-corrected chi connectivity index (χ2v) is 4.20. The Bertz CT molecular complexity index is 459. The highest BCUT2D eigenvalue weighted by molar-refractivity contribution is 5.93. The molecule has 0 saturated heterocycles. The second kappa shape index (κ2) is 4.68. The number of benzene rings is 1. The van der Waals surface area contributed by atoms with Crippen molar-refractivity contribution >= 4 is 5.78 Å². The minimum absolute atomic E-state index is 0.0387. The van der Waals surface area contributed by atoms with Crippen molar-refractivity contribution in [2.75, 3.05) is 0 Å². The molecule has 2 atom stereocenters. The van der Waals surface area contributed by atoms with E-state index in [0.717, 1.165) is 5.56 Å². The van der Waals surface area contributed by atoms with Crippen molar-refractivity contribution in [2.24, 2.45) is 0 Å². The monoisotopic (exact) mass is 228 g/mol. The van der Waals surface area contributed by atoms with Gasteiger partial charge in [0, 0.05) is 6.42 Å². The SMILES string of the molecule is CCC(=O)C1(c2ccccc2)C=CC=CC1O. The zero-order chi connectivity index (χ0) is 12.3. The van der Waals surface area contributed by atoms with Gasteiger partial charge in [0.2, 0.25) is 0 Å². The van der Waals surface area contributed by atoms with Gasteiger partial charge < -0.3 is 5.11 Å². The molecule has 0 bridgehead atoms. The Morgan fingerprint density at radius 3 is 2.59 bits per heavy atom. The summed E-state index contributed by atoms with van der Waals surface area (Å²) in [6, 6.07) is 9.46. The van der Waals surface area contributed by atoms with Gasteiger partial charge in [-0.25, -0.2) is 0 Å². The highest BCUT2D eigenvalue weighted by Gasteiger charge is 2.42. The molecule has 0 heterocycles. The molecular formula is C15H16O2. The summed E-state index contributed by atoms with van der Waals surface area (Å²) >= 11 is 0. The Morgan fingerprint density at radius 1 is 1.29 bits per heavy atom. The summed E-state index contributed by atoms with van der Waals surface area (Å²) in [6.45, 7) is 1.83. The standard InChI is InChI=1S/C15H16O2/c1-2-13(16)15(11-7-6-10-14(15)17)12-8-4-3-5-9-12/h3-11,14,17H,2H2,1H3. The van der Waals surface area contributed by atoms with Crippen molar-refractivity contribution in [2.45, 2.75) is 24.9 Å². The number of aliphatic hydroxyl groups is 1. The summed E-state index contributed by atoms with van der Waals surface area (Å²) in [7, 11) is 0.